The van der Waals surface area contributed by atoms with Gasteiger partial charge in [0.1, 0.15) is 29.8 Å². The van der Waals surface area contributed by atoms with Crippen LogP contribution in [0.1, 0.15) is 110 Å². The Kier molecular flexibility index (Phi) is 14.4. The third-order valence-electron chi connectivity index (χ3n) is 13.9. The molecule has 0 unspecified atom stereocenters. The second-order valence-electron chi connectivity index (χ2n) is 22.4. The molecule has 338 valence electrons. The van der Waals surface area contributed by atoms with Crippen LogP contribution in [0.3, 0.4) is 0 Å². The monoisotopic (exact) mass is 855 g/mol. The Bertz CT molecular complexity index is 1630. The molecule has 0 radical (unpaired) electrons. The summed E-state index contributed by atoms with van der Waals surface area (Å²) in [5.41, 5.74) is -0.729. The first-order valence-corrected chi connectivity index (χ1v) is 20.9. The van der Waals surface area contributed by atoms with Crippen LogP contribution in [0, 0.1) is 62.6 Å². The molecule has 15 heteroatoms. The zero-order valence-corrected chi connectivity index (χ0v) is 39.8. The van der Waals surface area contributed by atoms with Gasteiger partial charge in [0.2, 0.25) is 11.8 Å². The van der Waals surface area contributed by atoms with E-state index in [2.05, 4.69) is 52.2 Å². The number of esters is 3. The van der Waals surface area contributed by atoms with Crippen molar-refractivity contribution in [2.75, 3.05) is 41.0 Å². The van der Waals surface area contributed by atoms with Crippen molar-refractivity contribution in [3.8, 4) is 0 Å². The standard InChI is InChI=1S/C20H34N2O5.C15H25NO3.C9H15NO2.ClH/c1-18(2,3)14(21-17(25)27-19(4,5)6)15(23)22-10-11-12(20(11,7)8)13(22)16(24)26-9;1-14(2,3)7-10(17)16-8-9-11(15(9,4)5)12(16)13(18)19-6;1-9(2)5-4-10-7(6(5)9)8(11)12-3;/h11-14H,10H2,1-9H3,(H,21,25);9,11-12H,7-8H2,1-6H3;5-7,10H,4H2,1-3H3;1H/t11-,12-,13-,14+;9-,11-,12-;5-,6-,7-;/m000./s1. The van der Waals surface area contributed by atoms with Gasteiger partial charge in [0.05, 0.1) is 21.3 Å². The molecule has 6 aliphatic rings. The van der Waals surface area contributed by atoms with Crippen molar-refractivity contribution >= 4 is 48.2 Å². The van der Waals surface area contributed by atoms with Crippen molar-refractivity contribution < 1.29 is 47.7 Å². The summed E-state index contributed by atoms with van der Waals surface area (Å²) >= 11 is 0. The summed E-state index contributed by atoms with van der Waals surface area (Å²) in [7, 11) is 4.19. The fourth-order valence-electron chi connectivity index (χ4n) is 10.2. The molecule has 6 rings (SSSR count). The topological polar surface area (TPSA) is 170 Å². The minimum atomic E-state index is -0.805. The number of methoxy groups -OCH3 is 3. The molecule has 3 saturated carbocycles. The molecule has 3 saturated heterocycles. The number of carbonyl (C=O) groups excluding carboxylic acids is 6. The summed E-state index contributed by atoms with van der Waals surface area (Å²) in [5, 5.41) is 5.90. The molecule has 0 aromatic carbocycles. The maximum Gasteiger partial charge on any atom is 0.408 e. The van der Waals surface area contributed by atoms with E-state index < -0.39 is 35.2 Å². The number of nitrogens with one attached hydrogen (secondary N) is 2. The van der Waals surface area contributed by atoms with Gasteiger partial charge in [-0.1, -0.05) is 83.1 Å². The van der Waals surface area contributed by atoms with Crippen LogP contribution in [0.25, 0.3) is 0 Å². The van der Waals surface area contributed by atoms with Gasteiger partial charge in [-0.2, -0.15) is 0 Å². The number of rotatable bonds is 6. The van der Waals surface area contributed by atoms with E-state index in [1.807, 2.05) is 41.5 Å². The number of hydrogen-bond donors (Lipinski definition) is 2. The number of likely N-dealkylation sites (tertiary alicyclic amines) is 2. The number of halogens is 1. The van der Waals surface area contributed by atoms with Crippen LogP contribution < -0.4 is 10.6 Å². The highest BCUT2D eigenvalue weighted by molar-refractivity contribution is 5.92. The normalized spacial score (nSPS) is 31.4. The first-order valence-electron chi connectivity index (χ1n) is 20.9. The molecular weight excluding hydrogens is 780 g/mol. The van der Waals surface area contributed by atoms with E-state index in [4.69, 9.17) is 18.9 Å². The quantitative estimate of drug-likeness (QED) is 0.256. The number of ether oxygens (including phenoxy) is 4. The van der Waals surface area contributed by atoms with Crippen molar-refractivity contribution in [1.82, 2.24) is 20.4 Å². The number of carbonyl (C=O) groups is 6. The highest BCUT2D eigenvalue weighted by Crippen LogP contribution is 2.66. The summed E-state index contributed by atoms with van der Waals surface area (Å²) in [6.07, 6.45) is -0.171. The highest BCUT2D eigenvalue weighted by atomic mass is 35.5. The molecule has 0 aromatic heterocycles. The molecule has 3 aliphatic heterocycles. The van der Waals surface area contributed by atoms with E-state index in [0.717, 1.165) is 6.54 Å². The van der Waals surface area contributed by atoms with Crippen LogP contribution in [0.15, 0.2) is 0 Å². The largest absolute Gasteiger partial charge is 0.468 e. The Morgan fingerprint density at radius 1 is 0.661 bits per heavy atom. The zero-order chi connectivity index (χ0) is 44.5. The van der Waals surface area contributed by atoms with Gasteiger partial charge in [-0.15, -0.1) is 12.4 Å². The van der Waals surface area contributed by atoms with Crippen LogP contribution in [0.4, 0.5) is 4.79 Å². The SMILES string of the molecule is COC(=O)[C@@H]1[C@@H]2[C@H](CN1C(=O)CC(C)(C)C)C2(C)C.COC(=O)[C@@H]1[C@@H]2[C@H](CN1C(=O)[C@@H](NC(=O)OC(C)(C)C)C(C)(C)C)C2(C)C.COC(=O)[C@H]1NC[C@H]2[C@@H]1C2(C)C.Cl. The average Bonchev–Trinajstić information content (AvgIpc) is 3.67. The number of alkyl carbamates (subject to hydrolysis) is 1. The van der Waals surface area contributed by atoms with Gasteiger partial charge in [0.25, 0.3) is 0 Å². The lowest BCUT2D eigenvalue weighted by Gasteiger charge is -2.37. The fraction of sp³-hybridized carbons (Fsp3) is 0.864. The first kappa shape index (κ1) is 50.2. The Hall–Kier alpha value is -3.13. The lowest BCUT2D eigenvalue weighted by molar-refractivity contribution is -0.154. The molecule has 2 N–H and O–H groups in total. The maximum atomic E-state index is 13.3. The predicted octanol–water partition coefficient (Wildman–Crippen LogP) is 5.49. The summed E-state index contributed by atoms with van der Waals surface area (Å²) < 4.78 is 19.9. The summed E-state index contributed by atoms with van der Waals surface area (Å²) in [5.74, 6) is 1.30. The summed E-state index contributed by atoms with van der Waals surface area (Å²) in [6, 6.07) is -1.83. The molecule has 3 aliphatic carbocycles. The Morgan fingerprint density at radius 2 is 1.08 bits per heavy atom. The number of piperidine rings is 3. The average molecular weight is 856 g/mol. The third kappa shape index (κ3) is 10.3. The van der Waals surface area contributed by atoms with E-state index in [1.165, 1.54) is 21.3 Å². The molecule has 0 aromatic rings. The zero-order valence-electron chi connectivity index (χ0n) is 39.0. The Labute approximate surface area is 359 Å². The Balaban J connectivity index is 0.000000252. The van der Waals surface area contributed by atoms with Crippen molar-refractivity contribution in [2.24, 2.45) is 62.6 Å². The van der Waals surface area contributed by atoms with E-state index in [1.54, 1.807) is 30.6 Å². The molecule has 59 heavy (non-hydrogen) atoms. The van der Waals surface area contributed by atoms with Gasteiger partial charge in [-0.05, 0) is 78.1 Å². The Morgan fingerprint density at radius 3 is 1.46 bits per heavy atom. The fourth-order valence-corrected chi connectivity index (χ4v) is 10.2. The number of amides is 3. The minimum Gasteiger partial charge on any atom is -0.468 e. The van der Waals surface area contributed by atoms with Crippen LogP contribution in [0.5, 0.6) is 0 Å². The van der Waals surface area contributed by atoms with Crippen molar-refractivity contribution in [3.05, 3.63) is 0 Å². The molecule has 0 bridgehead atoms. The molecule has 14 nitrogen and oxygen atoms in total. The first-order chi connectivity index (χ1) is 26.3. The molecule has 3 heterocycles. The third-order valence-corrected chi connectivity index (χ3v) is 13.9. The van der Waals surface area contributed by atoms with E-state index in [-0.39, 0.29) is 82.2 Å². The molecular formula is C44H75ClN4O10. The molecule has 6 fully saturated rings. The van der Waals surface area contributed by atoms with Crippen molar-refractivity contribution in [3.63, 3.8) is 0 Å². The van der Waals surface area contributed by atoms with Crippen LogP contribution in [-0.4, -0.2) is 116 Å². The van der Waals surface area contributed by atoms with Gasteiger partial charge < -0.3 is 39.4 Å². The van der Waals surface area contributed by atoms with Crippen molar-refractivity contribution in [1.29, 1.82) is 0 Å². The molecule has 0 spiro atoms. The maximum absolute atomic E-state index is 13.3. The van der Waals surface area contributed by atoms with Gasteiger partial charge >= 0.3 is 24.0 Å². The van der Waals surface area contributed by atoms with Crippen LogP contribution in [0.2, 0.25) is 0 Å². The molecule has 10 atom stereocenters. The lowest BCUT2D eigenvalue weighted by atomic mass is 9.85. The van der Waals surface area contributed by atoms with Crippen molar-refractivity contribution in [2.45, 2.75) is 140 Å². The van der Waals surface area contributed by atoms with Gasteiger partial charge in [0.15, 0.2) is 0 Å². The number of fused-ring (bicyclic) bond motifs is 3. The second kappa shape index (κ2) is 17.0. The van der Waals surface area contributed by atoms with Gasteiger partial charge in [-0.3, -0.25) is 14.4 Å². The number of hydrogen-bond acceptors (Lipinski definition) is 11. The molecule has 3 amide bonds. The number of nitrogens with zero attached hydrogens (tertiary/aromatic N) is 2. The summed E-state index contributed by atoms with van der Waals surface area (Å²) in [4.78, 5) is 77.0. The van der Waals surface area contributed by atoms with E-state index >= 15 is 0 Å². The van der Waals surface area contributed by atoms with E-state index in [0.29, 0.717) is 42.7 Å². The second-order valence-corrected chi connectivity index (χ2v) is 22.4. The highest BCUT2D eigenvalue weighted by Gasteiger charge is 2.71. The van der Waals surface area contributed by atoms with E-state index in [9.17, 15) is 28.8 Å². The lowest BCUT2D eigenvalue weighted by Crippen LogP contribution is -2.58. The minimum absolute atomic E-state index is 0. The summed E-state index contributed by atoms with van der Waals surface area (Å²) in [6.45, 7) is 32.2. The van der Waals surface area contributed by atoms with Crippen LogP contribution in [-0.2, 0) is 42.9 Å². The van der Waals surface area contributed by atoms with Gasteiger partial charge in [-0.25, -0.2) is 14.4 Å². The van der Waals surface area contributed by atoms with Gasteiger partial charge in [0, 0.05) is 31.3 Å². The smallest absolute Gasteiger partial charge is 0.408 e. The van der Waals surface area contributed by atoms with Crippen LogP contribution >= 0.6 is 12.4 Å². The predicted molar refractivity (Wildman–Crippen MR) is 225 cm³/mol.